The third-order valence-corrected chi connectivity index (χ3v) is 3.30. The number of hydrogen-bond acceptors (Lipinski definition) is 3. The van der Waals surface area contributed by atoms with Gasteiger partial charge in [-0.15, -0.1) is 0 Å². The van der Waals surface area contributed by atoms with Gasteiger partial charge in [-0.2, -0.15) is 0 Å². The van der Waals surface area contributed by atoms with E-state index in [0.29, 0.717) is 4.67 Å². The third kappa shape index (κ3) is 2.05. The van der Waals surface area contributed by atoms with E-state index in [1.165, 1.54) is 0 Å². The van der Waals surface area contributed by atoms with Gasteiger partial charge in [0.25, 0.3) is 0 Å². The number of rotatable bonds is 2. The largest absolute Gasteiger partial charge is 0.452 e. The summed E-state index contributed by atoms with van der Waals surface area (Å²) >= 11 is 3.27. The topological polar surface area (TPSA) is 52.0 Å². The predicted octanol–water partition coefficient (Wildman–Crippen LogP) is 3.64. The summed E-state index contributed by atoms with van der Waals surface area (Å²) < 4.78 is 6.16. The molecule has 2 heterocycles. The van der Waals surface area contributed by atoms with Gasteiger partial charge < -0.3 is 10.2 Å². The molecule has 0 spiro atoms. The minimum Gasteiger partial charge on any atom is -0.452 e. The molecule has 4 heteroatoms. The SMILES string of the molecule is NC(c1cnc2ccccc2c1)c1ccc(Br)o1. The quantitative estimate of drug-likeness (QED) is 0.786. The molecule has 0 aliphatic heterocycles. The van der Waals surface area contributed by atoms with E-state index in [-0.39, 0.29) is 6.04 Å². The Morgan fingerprint density at radius 2 is 2.00 bits per heavy atom. The molecule has 3 nitrogen and oxygen atoms in total. The number of fused-ring (bicyclic) bond motifs is 1. The zero-order valence-corrected chi connectivity index (χ0v) is 11.1. The van der Waals surface area contributed by atoms with E-state index in [2.05, 4.69) is 20.9 Å². The van der Waals surface area contributed by atoms with Crippen LogP contribution >= 0.6 is 15.9 Å². The van der Waals surface area contributed by atoms with Gasteiger partial charge in [0.15, 0.2) is 4.67 Å². The number of pyridine rings is 1. The second-order valence-corrected chi connectivity index (χ2v) is 4.86. The second kappa shape index (κ2) is 4.55. The first-order valence-electron chi connectivity index (χ1n) is 5.59. The first kappa shape index (κ1) is 11.4. The number of hydrogen-bond donors (Lipinski definition) is 1. The van der Waals surface area contributed by atoms with Gasteiger partial charge in [0.2, 0.25) is 0 Å². The second-order valence-electron chi connectivity index (χ2n) is 4.08. The van der Waals surface area contributed by atoms with Crippen LogP contribution in [0, 0.1) is 0 Å². The lowest BCUT2D eigenvalue weighted by atomic mass is 10.1. The van der Waals surface area contributed by atoms with Crippen LogP contribution in [0.15, 0.2) is 57.7 Å². The lowest BCUT2D eigenvalue weighted by Crippen LogP contribution is -2.11. The van der Waals surface area contributed by atoms with Gasteiger partial charge in [0.1, 0.15) is 5.76 Å². The first-order valence-corrected chi connectivity index (χ1v) is 6.39. The number of halogens is 1. The Hall–Kier alpha value is -1.65. The highest BCUT2D eigenvalue weighted by molar-refractivity contribution is 9.10. The molecule has 0 aliphatic rings. The summed E-state index contributed by atoms with van der Waals surface area (Å²) in [6, 6.07) is 13.4. The summed E-state index contributed by atoms with van der Waals surface area (Å²) in [4.78, 5) is 4.40. The van der Waals surface area contributed by atoms with Gasteiger partial charge in [0.05, 0.1) is 11.6 Å². The Labute approximate surface area is 113 Å². The predicted molar refractivity (Wildman–Crippen MR) is 74.2 cm³/mol. The van der Waals surface area contributed by atoms with Crippen LogP contribution in [0.1, 0.15) is 17.4 Å². The standard InChI is InChI=1S/C14H11BrN2O/c15-13-6-5-12(18-13)14(16)10-7-9-3-1-2-4-11(9)17-8-10/h1-8,14H,16H2. The Bertz CT molecular complexity index is 693. The number of furan rings is 1. The maximum Gasteiger partial charge on any atom is 0.169 e. The van der Waals surface area contributed by atoms with Crippen molar-refractivity contribution in [1.29, 1.82) is 0 Å². The van der Waals surface area contributed by atoms with E-state index in [4.69, 9.17) is 10.2 Å². The van der Waals surface area contributed by atoms with Crippen LogP contribution in [0.4, 0.5) is 0 Å². The normalized spacial score (nSPS) is 12.8. The number of aromatic nitrogens is 1. The third-order valence-electron chi connectivity index (χ3n) is 2.87. The van der Waals surface area contributed by atoms with Crippen LogP contribution in [0.3, 0.4) is 0 Å². The van der Waals surface area contributed by atoms with E-state index < -0.39 is 0 Å². The average Bonchev–Trinajstić information content (AvgIpc) is 2.84. The Morgan fingerprint density at radius 1 is 1.17 bits per heavy atom. The summed E-state index contributed by atoms with van der Waals surface area (Å²) in [5.41, 5.74) is 8.07. The lowest BCUT2D eigenvalue weighted by Gasteiger charge is -2.09. The van der Waals surface area contributed by atoms with Crippen molar-refractivity contribution >= 4 is 26.8 Å². The van der Waals surface area contributed by atoms with Crippen molar-refractivity contribution in [2.75, 3.05) is 0 Å². The van der Waals surface area contributed by atoms with Crippen molar-refractivity contribution in [1.82, 2.24) is 4.98 Å². The molecule has 0 saturated carbocycles. The summed E-state index contributed by atoms with van der Waals surface area (Å²) in [7, 11) is 0. The number of nitrogens with zero attached hydrogens (tertiary/aromatic N) is 1. The van der Waals surface area contributed by atoms with Crippen LogP contribution in [-0.2, 0) is 0 Å². The molecule has 0 saturated heterocycles. The molecule has 18 heavy (non-hydrogen) atoms. The van der Waals surface area contributed by atoms with Gasteiger partial charge in [0, 0.05) is 11.6 Å². The maximum atomic E-state index is 6.17. The Balaban J connectivity index is 2.03. The zero-order valence-electron chi connectivity index (χ0n) is 9.51. The molecule has 1 unspecified atom stereocenters. The molecular formula is C14H11BrN2O. The van der Waals surface area contributed by atoms with Gasteiger partial charge in [-0.05, 0) is 45.8 Å². The molecule has 0 bridgehead atoms. The van der Waals surface area contributed by atoms with Gasteiger partial charge in [-0.25, -0.2) is 0 Å². The molecule has 0 radical (unpaired) electrons. The van der Waals surface area contributed by atoms with E-state index >= 15 is 0 Å². The summed E-state index contributed by atoms with van der Waals surface area (Å²) in [6.45, 7) is 0. The summed E-state index contributed by atoms with van der Waals surface area (Å²) in [5.74, 6) is 0.721. The molecule has 2 aromatic heterocycles. The molecule has 0 fully saturated rings. The van der Waals surface area contributed by atoms with Crippen molar-refractivity contribution in [3.8, 4) is 0 Å². The van der Waals surface area contributed by atoms with Crippen LogP contribution in [0.2, 0.25) is 0 Å². The molecule has 1 atom stereocenters. The summed E-state index contributed by atoms with van der Waals surface area (Å²) in [6.07, 6.45) is 1.80. The Kier molecular flexibility index (Phi) is 2.89. The molecule has 90 valence electrons. The van der Waals surface area contributed by atoms with Crippen molar-refractivity contribution in [3.05, 3.63) is 64.7 Å². The van der Waals surface area contributed by atoms with E-state index in [1.54, 1.807) is 6.20 Å². The van der Waals surface area contributed by atoms with Crippen LogP contribution in [0.25, 0.3) is 10.9 Å². The average molecular weight is 303 g/mol. The monoisotopic (exact) mass is 302 g/mol. The fraction of sp³-hybridized carbons (Fsp3) is 0.0714. The maximum absolute atomic E-state index is 6.17. The summed E-state index contributed by atoms with van der Waals surface area (Å²) in [5, 5.41) is 1.08. The lowest BCUT2D eigenvalue weighted by molar-refractivity contribution is 0.470. The van der Waals surface area contributed by atoms with Crippen molar-refractivity contribution in [3.63, 3.8) is 0 Å². The molecule has 2 N–H and O–H groups in total. The molecule has 0 amide bonds. The van der Waals surface area contributed by atoms with Gasteiger partial charge >= 0.3 is 0 Å². The highest BCUT2D eigenvalue weighted by atomic mass is 79.9. The minimum absolute atomic E-state index is 0.298. The van der Waals surface area contributed by atoms with Crippen molar-refractivity contribution < 1.29 is 4.42 Å². The molecule has 0 aliphatic carbocycles. The van der Waals surface area contributed by atoms with E-state index in [0.717, 1.165) is 22.2 Å². The molecule has 3 rings (SSSR count). The van der Waals surface area contributed by atoms with Crippen LogP contribution in [-0.4, -0.2) is 4.98 Å². The minimum atomic E-state index is -0.298. The van der Waals surface area contributed by atoms with Crippen LogP contribution < -0.4 is 5.73 Å². The van der Waals surface area contributed by atoms with E-state index in [1.807, 2.05) is 42.5 Å². The highest BCUT2D eigenvalue weighted by Crippen LogP contribution is 2.25. The number of para-hydroxylation sites is 1. The van der Waals surface area contributed by atoms with Crippen molar-refractivity contribution in [2.45, 2.75) is 6.04 Å². The zero-order chi connectivity index (χ0) is 12.5. The fourth-order valence-electron chi connectivity index (χ4n) is 1.92. The fourth-order valence-corrected chi connectivity index (χ4v) is 2.24. The van der Waals surface area contributed by atoms with Crippen molar-refractivity contribution in [2.24, 2.45) is 5.73 Å². The number of benzene rings is 1. The molecule has 1 aromatic carbocycles. The van der Waals surface area contributed by atoms with Crippen LogP contribution in [0.5, 0.6) is 0 Å². The first-order chi connectivity index (χ1) is 8.74. The van der Waals surface area contributed by atoms with Gasteiger partial charge in [-0.1, -0.05) is 18.2 Å². The van der Waals surface area contributed by atoms with Gasteiger partial charge in [-0.3, -0.25) is 4.98 Å². The molecular weight excluding hydrogens is 292 g/mol. The smallest absolute Gasteiger partial charge is 0.169 e. The van der Waals surface area contributed by atoms with E-state index in [9.17, 15) is 0 Å². The number of nitrogens with two attached hydrogens (primary N) is 1. The highest BCUT2D eigenvalue weighted by Gasteiger charge is 2.13. The Morgan fingerprint density at radius 3 is 2.78 bits per heavy atom. The molecule has 3 aromatic rings.